The number of nitrogen functional groups attached to an aromatic ring is 1. The maximum absolute atomic E-state index is 12.1. The average Bonchev–Trinajstić information content (AvgIpc) is 2.77. The molecule has 0 saturated heterocycles. The lowest BCUT2D eigenvalue weighted by atomic mass is 10.00. The largest absolute Gasteiger partial charge is 0.462 e. The number of aryl methyl sites for hydroxylation is 1. The van der Waals surface area contributed by atoms with Crippen molar-refractivity contribution in [2.24, 2.45) is 0 Å². The number of allylic oxidation sites excluding steroid dienone is 1. The van der Waals surface area contributed by atoms with Gasteiger partial charge >= 0.3 is 5.97 Å². The summed E-state index contributed by atoms with van der Waals surface area (Å²) in [6.07, 6.45) is 6.21. The fourth-order valence-electron chi connectivity index (χ4n) is 3.05. The molecule has 0 saturated carbocycles. The number of anilines is 1. The summed E-state index contributed by atoms with van der Waals surface area (Å²) in [5.41, 5.74) is 10.7. The predicted octanol–water partition coefficient (Wildman–Crippen LogP) is 4.11. The van der Waals surface area contributed by atoms with Crippen LogP contribution in [0.4, 0.5) is 5.82 Å². The summed E-state index contributed by atoms with van der Waals surface area (Å²) in [5.74, 6) is -0.156. The highest BCUT2D eigenvalue weighted by Crippen LogP contribution is 2.32. The third-order valence-corrected chi connectivity index (χ3v) is 4.21. The number of fused-ring (bicyclic) bond motifs is 1. The van der Waals surface area contributed by atoms with Gasteiger partial charge in [0.05, 0.1) is 12.3 Å². The van der Waals surface area contributed by atoms with Crippen LogP contribution in [0.25, 0.3) is 11.6 Å². The van der Waals surface area contributed by atoms with Crippen molar-refractivity contribution < 1.29 is 9.53 Å². The first-order chi connectivity index (χ1) is 11.7. The van der Waals surface area contributed by atoms with Crippen LogP contribution in [0, 0.1) is 0 Å². The van der Waals surface area contributed by atoms with E-state index >= 15 is 0 Å². The Bertz CT molecular complexity index is 767. The second kappa shape index (κ2) is 7.30. The molecule has 124 valence electrons. The van der Waals surface area contributed by atoms with Gasteiger partial charge in [-0.15, -0.1) is 0 Å². The Morgan fingerprint density at radius 1 is 1.25 bits per heavy atom. The van der Waals surface area contributed by atoms with Crippen molar-refractivity contribution in [2.45, 2.75) is 32.6 Å². The first kappa shape index (κ1) is 16.2. The number of esters is 1. The molecule has 1 aromatic carbocycles. The molecule has 1 aliphatic rings. The van der Waals surface area contributed by atoms with Gasteiger partial charge < -0.3 is 10.5 Å². The Labute approximate surface area is 142 Å². The maximum Gasteiger partial charge on any atom is 0.341 e. The number of aromatic nitrogens is 1. The molecule has 2 N–H and O–H groups in total. The van der Waals surface area contributed by atoms with E-state index in [4.69, 9.17) is 10.5 Å². The van der Waals surface area contributed by atoms with E-state index in [0.717, 1.165) is 42.5 Å². The van der Waals surface area contributed by atoms with Gasteiger partial charge in [-0.3, -0.25) is 0 Å². The number of pyridine rings is 1. The number of benzene rings is 1. The Morgan fingerprint density at radius 3 is 2.75 bits per heavy atom. The zero-order chi connectivity index (χ0) is 16.9. The van der Waals surface area contributed by atoms with Gasteiger partial charge in [-0.05, 0) is 61.4 Å². The quantitative estimate of drug-likeness (QED) is 0.682. The second-order valence-corrected chi connectivity index (χ2v) is 5.94. The van der Waals surface area contributed by atoms with Crippen molar-refractivity contribution in [3.05, 3.63) is 58.8 Å². The van der Waals surface area contributed by atoms with E-state index in [9.17, 15) is 4.79 Å². The molecule has 0 amide bonds. The van der Waals surface area contributed by atoms with Crippen LogP contribution in [0.2, 0.25) is 0 Å². The van der Waals surface area contributed by atoms with E-state index in [0.29, 0.717) is 12.2 Å². The minimum atomic E-state index is -0.400. The molecule has 3 rings (SSSR count). The van der Waals surface area contributed by atoms with E-state index in [1.807, 2.05) is 24.3 Å². The van der Waals surface area contributed by atoms with Gasteiger partial charge in [0, 0.05) is 0 Å². The number of carbonyl (C=O) groups excluding carboxylic acids is 1. The Hall–Kier alpha value is -2.62. The lowest BCUT2D eigenvalue weighted by Gasteiger charge is -2.12. The number of nitrogens with zero attached hydrogens (tertiary/aromatic N) is 1. The molecule has 0 fully saturated rings. The fourth-order valence-corrected chi connectivity index (χ4v) is 3.05. The molecule has 0 atom stereocenters. The number of hydrogen-bond donors (Lipinski definition) is 1. The van der Waals surface area contributed by atoms with Gasteiger partial charge in [0.25, 0.3) is 0 Å². The summed E-state index contributed by atoms with van der Waals surface area (Å²) in [6, 6.07) is 12.1. The minimum absolute atomic E-state index is 0.244. The van der Waals surface area contributed by atoms with Crippen LogP contribution in [0.3, 0.4) is 0 Å². The highest BCUT2D eigenvalue weighted by Gasteiger charge is 2.20. The predicted molar refractivity (Wildman–Crippen MR) is 96.5 cm³/mol. The molecular weight excluding hydrogens is 300 g/mol. The maximum atomic E-state index is 12.1. The molecular formula is C20H22N2O2. The van der Waals surface area contributed by atoms with Crippen molar-refractivity contribution >= 4 is 23.4 Å². The number of nitrogens with two attached hydrogens (primary N) is 1. The van der Waals surface area contributed by atoms with E-state index in [1.54, 1.807) is 6.92 Å². The molecule has 0 radical (unpaired) electrons. The van der Waals surface area contributed by atoms with Crippen LogP contribution in [0.1, 0.15) is 53.4 Å². The number of rotatable bonds is 3. The molecule has 1 aromatic heterocycles. The van der Waals surface area contributed by atoms with Crippen molar-refractivity contribution in [2.75, 3.05) is 12.3 Å². The average molecular weight is 322 g/mol. The first-order valence-electron chi connectivity index (χ1n) is 8.41. The van der Waals surface area contributed by atoms with E-state index in [2.05, 4.69) is 23.2 Å². The summed E-state index contributed by atoms with van der Waals surface area (Å²) < 4.78 is 5.08. The van der Waals surface area contributed by atoms with E-state index in [-0.39, 0.29) is 5.82 Å². The van der Waals surface area contributed by atoms with Crippen molar-refractivity contribution in [3.8, 4) is 0 Å². The molecule has 4 nitrogen and oxygen atoms in total. The van der Waals surface area contributed by atoms with Crippen molar-refractivity contribution in [1.29, 1.82) is 0 Å². The molecule has 0 bridgehead atoms. The van der Waals surface area contributed by atoms with Gasteiger partial charge in [-0.25, -0.2) is 9.78 Å². The third-order valence-electron chi connectivity index (χ3n) is 4.21. The molecule has 1 heterocycles. The fraction of sp³-hybridized carbons (Fsp3) is 0.300. The lowest BCUT2D eigenvalue weighted by Crippen LogP contribution is -2.12. The highest BCUT2D eigenvalue weighted by atomic mass is 16.5. The molecule has 24 heavy (non-hydrogen) atoms. The Morgan fingerprint density at radius 2 is 2.00 bits per heavy atom. The topological polar surface area (TPSA) is 65.2 Å². The zero-order valence-electron chi connectivity index (χ0n) is 13.9. The second-order valence-electron chi connectivity index (χ2n) is 5.94. The van der Waals surface area contributed by atoms with Crippen LogP contribution in [-0.4, -0.2) is 17.6 Å². The van der Waals surface area contributed by atoms with Crippen LogP contribution in [-0.2, 0) is 11.2 Å². The number of carbonyl (C=O) groups is 1. The molecule has 1 aliphatic carbocycles. The van der Waals surface area contributed by atoms with Crippen LogP contribution in [0.15, 0.2) is 36.4 Å². The highest BCUT2D eigenvalue weighted by molar-refractivity contribution is 5.95. The van der Waals surface area contributed by atoms with Gasteiger partial charge in [0.1, 0.15) is 11.4 Å². The van der Waals surface area contributed by atoms with Gasteiger partial charge in [0.15, 0.2) is 0 Å². The van der Waals surface area contributed by atoms with E-state index in [1.165, 1.54) is 5.57 Å². The van der Waals surface area contributed by atoms with E-state index < -0.39 is 5.97 Å². The smallest absolute Gasteiger partial charge is 0.341 e. The summed E-state index contributed by atoms with van der Waals surface area (Å²) in [5, 5.41) is 0. The summed E-state index contributed by atoms with van der Waals surface area (Å²) in [6.45, 7) is 2.11. The summed E-state index contributed by atoms with van der Waals surface area (Å²) in [7, 11) is 0. The molecule has 0 unspecified atom stereocenters. The molecule has 4 heteroatoms. The van der Waals surface area contributed by atoms with Crippen molar-refractivity contribution in [3.63, 3.8) is 0 Å². The van der Waals surface area contributed by atoms with Crippen LogP contribution >= 0.6 is 0 Å². The Balaban J connectivity index is 2.05. The zero-order valence-corrected chi connectivity index (χ0v) is 13.9. The number of hydrogen-bond acceptors (Lipinski definition) is 4. The normalized spacial score (nSPS) is 15.6. The lowest BCUT2D eigenvalue weighted by molar-refractivity contribution is 0.0527. The van der Waals surface area contributed by atoms with Crippen molar-refractivity contribution in [1.82, 2.24) is 4.98 Å². The summed E-state index contributed by atoms with van der Waals surface area (Å²) >= 11 is 0. The molecule has 2 aromatic rings. The molecule has 0 spiro atoms. The standard InChI is InChI=1S/C20H22N2O2/c1-2-24-20(23)17-13-16-11-7-6-10-15(18(16)22-19(17)21)12-14-8-4-3-5-9-14/h3-5,8-9,12-13H,2,6-7,10-11H2,1H3,(H2,21,22)/b15-12-. The minimum Gasteiger partial charge on any atom is -0.462 e. The third kappa shape index (κ3) is 3.48. The SMILES string of the molecule is CCOC(=O)c1cc2c(nc1N)/C(=C\c1ccccc1)CCCC2. The van der Waals surface area contributed by atoms with Gasteiger partial charge in [-0.2, -0.15) is 0 Å². The Kier molecular flexibility index (Phi) is 4.94. The molecule has 0 aliphatic heterocycles. The number of ether oxygens (including phenoxy) is 1. The monoisotopic (exact) mass is 322 g/mol. The van der Waals surface area contributed by atoms with Gasteiger partial charge in [-0.1, -0.05) is 30.3 Å². The first-order valence-corrected chi connectivity index (χ1v) is 8.41. The summed E-state index contributed by atoms with van der Waals surface area (Å²) in [4.78, 5) is 16.6. The van der Waals surface area contributed by atoms with Crippen LogP contribution in [0.5, 0.6) is 0 Å². The van der Waals surface area contributed by atoms with Crippen LogP contribution < -0.4 is 5.73 Å². The van der Waals surface area contributed by atoms with Gasteiger partial charge in [0.2, 0.25) is 0 Å².